The van der Waals surface area contributed by atoms with E-state index in [1.807, 2.05) is 23.2 Å². The Morgan fingerprint density at radius 1 is 1.12 bits per heavy atom. The van der Waals surface area contributed by atoms with E-state index in [0.29, 0.717) is 17.0 Å². The maximum Gasteiger partial charge on any atom is 0.258 e. The molecule has 2 aromatic rings. The summed E-state index contributed by atoms with van der Waals surface area (Å²) in [6.45, 7) is 5.02. The molecule has 1 aromatic heterocycles. The molecule has 0 atom stereocenters. The first-order chi connectivity index (χ1) is 12.1. The van der Waals surface area contributed by atoms with Crippen molar-refractivity contribution in [3.05, 3.63) is 52.8 Å². The fourth-order valence-electron chi connectivity index (χ4n) is 4.09. The number of carbonyl (C=O) groups excluding carboxylic acids is 1. The van der Waals surface area contributed by atoms with Gasteiger partial charge in [0.25, 0.3) is 5.91 Å². The number of hydrogen-bond donors (Lipinski definition) is 1. The van der Waals surface area contributed by atoms with Crippen molar-refractivity contribution in [1.82, 2.24) is 10.3 Å². The zero-order valence-corrected chi connectivity index (χ0v) is 14.6. The van der Waals surface area contributed by atoms with Gasteiger partial charge in [0.1, 0.15) is 0 Å². The zero-order chi connectivity index (χ0) is 17.0. The molecule has 6 heteroatoms. The molecule has 25 heavy (non-hydrogen) atoms. The highest BCUT2D eigenvalue weighted by molar-refractivity contribution is 6.30. The minimum Gasteiger partial charge on any atom is -0.369 e. The van der Waals surface area contributed by atoms with Crippen molar-refractivity contribution < 1.29 is 4.79 Å². The summed E-state index contributed by atoms with van der Waals surface area (Å²) in [6, 6.07) is 7.59. The highest BCUT2D eigenvalue weighted by atomic mass is 35.5. The molecule has 3 aliphatic heterocycles. The summed E-state index contributed by atoms with van der Waals surface area (Å²) in [5.74, 6) is 0.0279. The monoisotopic (exact) mass is 354 g/mol. The fourth-order valence-corrected chi connectivity index (χ4v) is 4.28. The molecular weight excluding hydrogens is 336 g/mol. The Morgan fingerprint density at radius 2 is 1.92 bits per heavy atom. The van der Waals surface area contributed by atoms with Gasteiger partial charge in [-0.1, -0.05) is 11.6 Å². The van der Waals surface area contributed by atoms with Crippen LogP contribution < -0.4 is 15.1 Å². The van der Waals surface area contributed by atoms with Crippen LogP contribution in [-0.4, -0.2) is 43.6 Å². The molecule has 1 spiro atoms. The molecule has 0 aliphatic carbocycles. The van der Waals surface area contributed by atoms with Crippen LogP contribution in [0.25, 0.3) is 0 Å². The minimum atomic E-state index is 0.0279. The summed E-state index contributed by atoms with van der Waals surface area (Å²) in [4.78, 5) is 21.4. The average Bonchev–Trinajstić information content (AvgIpc) is 2.53. The van der Waals surface area contributed by atoms with Crippen molar-refractivity contribution in [3.8, 4) is 0 Å². The predicted molar refractivity (Wildman–Crippen MR) is 98.6 cm³/mol. The van der Waals surface area contributed by atoms with Crippen molar-refractivity contribution in [2.75, 3.05) is 42.5 Å². The Labute approximate surface area is 151 Å². The molecule has 2 fully saturated rings. The quantitative estimate of drug-likeness (QED) is 0.899. The second-order valence-electron chi connectivity index (χ2n) is 7.37. The van der Waals surface area contributed by atoms with Gasteiger partial charge >= 0.3 is 0 Å². The van der Waals surface area contributed by atoms with E-state index in [4.69, 9.17) is 11.6 Å². The van der Waals surface area contributed by atoms with Crippen LogP contribution in [0.4, 0.5) is 11.4 Å². The van der Waals surface area contributed by atoms with Crippen LogP contribution >= 0.6 is 11.6 Å². The molecule has 1 N–H and O–H groups in total. The number of carbonyl (C=O) groups is 1. The molecule has 2 saturated heterocycles. The number of benzene rings is 1. The van der Waals surface area contributed by atoms with E-state index in [-0.39, 0.29) is 5.91 Å². The number of rotatable bonds is 2. The van der Waals surface area contributed by atoms with Gasteiger partial charge in [-0.3, -0.25) is 9.78 Å². The van der Waals surface area contributed by atoms with Gasteiger partial charge in [-0.15, -0.1) is 0 Å². The minimum absolute atomic E-state index is 0.0279. The predicted octanol–water partition coefficient (Wildman–Crippen LogP) is 2.35. The first-order valence-electron chi connectivity index (χ1n) is 8.65. The lowest BCUT2D eigenvalue weighted by molar-refractivity contribution is 0.0980. The number of pyridine rings is 1. The molecule has 0 bridgehead atoms. The lowest BCUT2D eigenvalue weighted by atomic mass is 9.74. The molecule has 0 unspecified atom stereocenters. The van der Waals surface area contributed by atoms with Crippen LogP contribution in [0.1, 0.15) is 15.9 Å². The molecule has 128 valence electrons. The van der Waals surface area contributed by atoms with Gasteiger partial charge < -0.3 is 15.1 Å². The summed E-state index contributed by atoms with van der Waals surface area (Å²) in [7, 11) is 0. The fraction of sp³-hybridized carbons (Fsp3) is 0.368. The van der Waals surface area contributed by atoms with Crippen molar-refractivity contribution in [3.63, 3.8) is 0 Å². The van der Waals surface area contributed by atoms with Crippen molar-refractivity contribution in [2.45, 2.75) is 6.42 Å². The van der Waals surface area contributed by atoms with Gasteiger partial charge in [0, 0.05) is 48.7 Å². The van der Waals surface area contributed by atoms with Crippen LogP contribution in [0.2, 0.25) is 5.02 Å². The van der Waals surface area contributed by atoms with Crippen molar-refractivity contribution in [1.29, 1.82) is 0 Å². The molecule has 4 heterocycles. The van der Waals surface area contributed by atoms with E-state index in [9.17, 15) is 4.79 Å². The maximum atomic E-state index is 12.9. The topological polar surface area (TPSA) is 48.5 Å². The Morgan fingerprint density at radius 3 is 2.68 bits per heavy atom. The first-order valence-corrected chi connectivity index (χ1v) is 9.02. The number of nitrogens with zero attached hydrogens (tertiary/aromatic N) is 3. The van der Waals surface area contributed by atoms with Crippen LogP contribution in [0.5, 0.6) is 0 Å². The number of nitrogens with one attached hydrogen (secondary N) is 1. The lowest BCUT2D eigenvalue weighted by Gasteiger charge is -2.57. The largest absolute Gasteiger partial charge is 0.369 e. The summed E-state index contributed by atoms with van der Waals surface area (Å²) in [5, 5.41) is 4.03. The second kappa shape index (κ2) is 5.44. The zero-order valence-electron chi connectivity index (χ0n) is 13.8. The number of halogens is 1. The second-order valence-corrected chi connectivity index (χ2v) is 7.81. The van der Waals surface area contributed by atoms with Crippen LogP contribution in [0.3, 0.4) is 0 Å². The smallest absolute Gasteiger partial charge is 0.258 e. The van der Waals surface area contributed by atoms with Crippen LogP contribution in [0.15, 0.2) is 36.7 Å². The molecule has 3 aliphatic rings. The summed E-state index contributed by atoms with van der Waals surface area (Å²) < 4.78 is 0. The molecular formula is C19H19ClN4O. The molecule has 5 rings (SSSR count). The molecule has 5 nitrogen and oxygen atoms in total. The summed E-state index contributed by atoms with van der Waals surface area (Å²) >= 11 is 6.05. The van der Waals surface area contributed by atoms with E-state index in [2.05, 4.69) is 21.3 Å². The average molecular weight is 355 g/mol. The third-order valence-electron chi connectivity index (χ3n) is 5.59. The third kappa shape index (κ3) is 2.41. The van der Waals surface area contributed by atoms with E-state index >= 15 is 0 Å². The lowest BCUT2D eigenvalue weighted by Crippen LogP contribution is -2.71. The Bertz CT molecular complexity index is 856. The highest BCUT2D eigenvalue weighted by Crippen LogP contribution is 2.38. The van der Waals surface area contributed by atoms with Crippen molar-refractivity contribution in [2.24, 2.45) is 5.41 Å². The molecule has 1 aromatic carbocycles. The van der Waals surface area contributed by atoms with Gasteiger partial charge in [0.05, 0.1) is 23.8 Å². The third-order valence-corrected chi connectivity index (χ3v) is 5.82. The number of fused-ring (bicyclic) bond motifs is 1. The van der Waals surface area contributed by atoms with Gasteiger partial charge in [-0.05, 0) is 36.2 Å². The van der Waals surface area contributed by atoms with E-state index in [1.165, 1.54) is 0 Å². The molecule has 0 radical (unpaired) electrons. The first kappa shape index (κ1) is 15.2. The Kier molecular flexibility index (Phi) is 3.30. The van der Waals surface area contributed by atoms with Gasteiger partial charge in [0.2, 0.25) is 0 Å². The summed E-state index contributed by atoms with van der Waals surface area (Å²) in [6.07, 6.45) is 4.48. The highest BCUT2D eigenvalue weighted by Gasteiger charge is 2.47. The van der Waals surface area contributed by atoms with E-state index in [1.54, 1.807) is 12.3 Å². The Hall–Kier alpha value is -2.11. The van der Waals surface area contributed by atoms with E-state index < -0.39 is 0 Å². The van der Waals surface area contributed by atoms with Gasteiger partial charge in [-0.2, -0.15) is 0 Å². The normalized spacial score (nSPS) is 20.9. The Balaban J connectivity index is 1.39. The van der Waals surface area contributed by atoms with Gasteiger partial charge in [-0.25, -0.2) is 0 Å². The number of amides is 1. The summed E-state index contributed by atoms with van der Waals surface area (Å²) in [5.41, 5.74) is 4.21. The standard InChI is InChI=1S/C19H19ClN4O/c20-14-1-2-17-13(5-14)3-4-24(18(17)25)16-6-15(7-21-8-16)23-11-19(12-23)9-22-10-19/h1-2,5-8,22H,3-4,9-12H2. The molecule has 0 saturated carbocycles. The van der Waals surface area contributed by atoms with Crippen LogP contribution in [-0.2, 0) is 6.42 Å². The van der Waals surface area contributed by atoms with Crippen molar-refractivity contribution >= 4 is 28.9 Å². The number of anilines is 2. The number of hydrogen-bond acceptors (Lipinski definition) is 4. The maximum absolute atomic E-state index is 12.9. The van der Waals surface area contributed by atoms with Crippen LogP contribution in [0, 0.1) is 5.41 Å². The van der Waals surface area contributed by atoms with Gasteiger partial charge in [0.15, 0.2) is 0 Å². The van der Waals surface area contributed by atoms with E-state index in [0.717, 1.165) is 55.1 Å². The SMILES string of the molecule is O=C1c2ccc(Cl)cc2CCN1c1cncc(N2CC3(CNC3)C2)c1. The number of aromatic nitrogens is 1. The molecule has 1 amide bonds.